The number of imide groups is 1. The summed E-state index contributed by atoms with van der Waals surface area (Å²) in [6.45, 7) is 2.17. The molecule has 0 radical (unpaired) electrons. The molecular formula is C20H16N2O2S. The fourth-order valence-corrected chi connectivity index (χ4v) is 3.80. The Labute approximate surface area is 149 Å². The number of thioether (sulfide) groups is 1. The molecule has 4 nitrogen and oxygen atoms in total. The zero-order valence-corrected chi connectivity index (χ0v) is 14.4. The molecule has 1 N–H and O–H groups in total. The van der Waals surface area contributed by atoms with E-state index in [1.54, 1.807) is 6.08 Å². The molecule has 0 bridgehead atoms. The number of amides is 2. The maximum Gasteiger partial charge on any atom is 0.290 e. The minimum atomic E-state index is -0.330. The van der Waals surface area contributed by atoms with E-state index in [9.17, 15) is 9.59 Å². The van der Waals surface area contributed by atoms with Crippen LogP contribution < -0.4 is 5.32 Å². The summed E-state index contributed by atoms with van der Waals surface area (Å²) in [5, 5.41) is 3.03. The van der Waals surface area contributed by atoms with E-state index in [1.165, 1.54) is 5.56 Å². The van der Waals surface area contributed by atoms with E-state index in [1.807, 2.05) is 30.3 Å². The van der Waals surface area contributed by atoms with Crippen molar-refractivity contribution in [2.75, 3.05) is 0 Å². The molecule has 2 aromatic carbocycles. The molecule has 0 aliphatic carbocycles. The summed E-state index contributed by atoms with van der Waals surface area (Å²) in [6, 6.07) is 18.6. The van der Waals surface area contributed by atoms with Crippen molar-refractivity contribution in [3.8, 4) is 0 Å². The number of nitrogens with one attached hydrogen (secondary N) is 1. The van der Waals surface area contributed by atoms with Gasteiger partial charge in [0.2, 0.25) is 0 Å². The first-order chi connectivity index (χ1) is 12.1. The second-order valence-electron chi connectivity index (χ2n) is 5.94. The maximum absolute atomic E-state index is 11.8. The van der Waals surface area contributed by atoms with Crippen LogP contribution in [0.25, 0.3) is 17.0 Å². The lowest BCUT2D eigenvalue weighted by Crippen LogP contribution is -2.17. The molecule has 25 heavy (non-hydrogen) atoms. The number of nitrogens with zero attached hydrogens (tertiary/aromatic N) is 1. The number of carbonyl (C=O) groups excluding carboxylic acids is 2. The van der Waals surface area contributed by atoms with E-state index in [0.29, 0.717) is 4.91 Å². The summed E-state index contributed by atoms with van der Waals surface area (Å²) in [5.74, 6) is -0.330. The average Bonchev–Trinajstić information content (AvgIpc) is 3.19. The van der Waals surface area contributed by atoms with Crippen LogP contribution in [0.15, 0.2) is 65.7 Å². The first-order valence-corrected chi connectivity index (χ1v) is 8.84. The molecule has 1 aliphatic rings. The number of aromatic nitrogens is 1. The normalized spacial score (nSPS) is 17.2. The third-order valence-electron chi connectivity index (χ3n) is 4.42. The topological polar surface area (TPSA) is 51.1 Å². The number of hydrogen-bond acceptors (Lipinski definition) is 3. The molecule has 1 fully saturated rings. The van der Waals surface area contributed by atoms with Gasteiger partial charge in [0.25, 0.3) is 11.1 Å². The molecule has 1 atom stereocenters. The Hall–Kier alpha value is -2.79. The standard InChI is InChI=1S/C20H16N2O2S/c1-13(14-6-3-2-4-7-14)22-11-10-16-15(8-5-9-17(16)22)12-18-19(23)21-20(24)25-18/h2-13H,1H3,(H,21,23,24)/b18-12-. The van der Waals surface area contributed by atoms with E-state index in [4.69, 9.17) is 0 Å². The van der Waals surface area contributed by atoms with Crippen LogP contribution in [0.1, 0.15) is 24.1 Å². The summed E-state index contributed by atoms with van der Waals surface area (Å²) in [4.78, 5) is 23.6. The molecule has 2 heterocycles. The Kier molecular flexibility index (Phi) is 3.93. The molecule has 124 valence electrons. The van der Waals surface area contributed by atoms with Gasteiger partial charge in [-0.15, -0.1) is 0 Å². The van der Waals surface area contributed by atoms with Crippen LogP contribution in [-0.4, -0.2) is 15.7 Å². The third-order valence-corrected chi connectivity index (χ3v) is 5.24. The van der Waals surface area contributed by atoms with E-state index in [-0.39, 0.29) is 17.2 Å². The van der Waals surface area contributed by atoms with Gasteiger partial charge in [0.15, 0.2) is 0 Å². The molecule has 3 aromatic rings. The van der Waals surface area contributed by atoms with Crippen LogP contribution in [0, 0.1) is 0 Å². The number of hydrogen-bond donors (Lipinski definition) is 1. The van der Waals surface area contributed by atoms with Gasteiger partial charge in [0, 0.05) is 17.1 Å². The van der Waals surface area contributed by atoms with Gasteiger partial charge in [-0.3, -0.25) is 14.9 Å². The van der Waals surface area contributed by atoms with Crippen molar-refractivity contribution in [1.82, 2.24) is 9.88 Å². The Morgan fingerprint density at radius 3 is 2.56 bits per heavy atom. The maximum atomic E-state index is 11.8. The van der Waals surface area contributed by atoms with Gasteiger partial charge in [-0.05, 0) is 48.0 Å². The fourth-order valence-electron chi connectivity index (χ4n) is 3.13. The van der Waals surface area contributed by atoms with Gasteiger partial charge in [-0.25, -0.2) is 0 Å². The molecule has 1 saturated heterocycles. The molecule has 1 aliphatic heterocycles. The van der Waals surface area contributed by atoms with Crippen molar-refractivity contribution in [1.29, 1.82) is 0 Å². The van der Waals surface area contributed by atoms with Crippen LogP contribution in [0.4, 0.5) is 4.79 Å². The van der Waals surface area contributed by atoms with Gasteiger partial charge < -0.3 is 4.57 Å². The molecule has 1 aromatic heterocycles. The second kappa shape index (κ2) is 6.26. The van der Waals surface area contributed by atoms with Crippen LogP contribution in [-0.2, 0) is 4.79 Å². The Morgan fingerprint density at radius 2 is 1.84 bits per heavy atom. The Balaban J connectivity index is 1.78. The predicted molar refractivity (Wildman–Crippen MR) is 101 cm³/mol. The first kappa shape index (κ1) is 15.7. The van der Waals surface area contributed by atoms with Crippen LogP contribution >= 0.6 is 11.8 Å². The lowest BCUT2D eigenvalue weighted by molar-refractivity contribution is -0.115. The summed E-state index contributed by atoms with van der Waals surface area (Å²) >= 11 is 0.942. The molecule has 1 unspecified atom stereocenters. The predicted octanol–water partition coefficient (Wildman–Crippen LogP) is 4.57. The second-order valence-corrected chi connectivity index (χ2v) is 6.96. The number of benzene rings is 2. The highest BCUT2D eigenvalue weighted by Crippen LogP contribution is 2.31. The SMILES string of the molecule is CC(c1ccccc1)n1ccc2c(/C=C3\SC(=O)NC3=O)cccc21. The Bertz CT molecular complexity index is 1000. The van der Waals surface area contributed by atoms with Crippen LogP contribution in [0.2, 0.25) is 0 Å². The van der Waals surface area contributed by atoms with E-state index >= 15 is 0 Å². The largest absolute Gasteiger partial charge is 0.340 e. The van der Waals surface area contributed by atoms with Gasteiger partial charge in [0.1, 0.15) is 0 Å². The van der Waals surface area contributed by atoms with Crippen molar-refractivity contribution >= 4 is 39.9 Å². The minimum absolute atomic E-state index is 0.201. The molecular weight excluding hydrogens is 332 g/mol. The summed E-state index contributed by atoms with van der Waals surface area (Å²) in [5.41, 5.74) is 3.27. The fraction of sp³-hybridized carbons (Fsp3) is 0.100. The van der Waals surface area contributed by atoms with Crippen molar-refractivity contribution in [2.45, 2.75) is 13.0 Å². The van der Waals surface area contributed by atoms with Crippen LogP contribution in [0.3, 0.4) is 0 Å². The quantitative estimate of drug-likeness (QED) is 0.705. The zero-order valence-electron chi connectivity index (χ0n) is 13.6. The lowest BCUT2D eigenvalue weighted by atomic mass is 10.1. The molecule has 0 saturated carbocycles. The highest BCUT2D eigenvalue weighted by molar-refractivity contribution is 8.18. The van der Waals surface area contributed by atoms with E-state index in [0.717, 1.165) is 28.2 Å². The summed E-state index contributed by atoms with van der Waals surface area (Å²) in [6.07, 6.45) is 3.85. The molecule has 2 amide bonds. The van der Waals surface area contributed by atoms with Gasteiger partial charge in [0.05, 0.1) is 10.9 Å². The van der Waals surface area contributed by atoms with Crippen molar-refractivity contribution < 1.29 is 9.59 Å². The van der Waals surface area contributed by atoms with Gasteiger partial charge in [-0.1, -0.05) is 42.5 Å². The van der Waals surface area contributed by atoms with E-state index < -0.39 is 0 Å². The molecule has 4 rings (SSSR count). The summed E-state index contributed by atoms with van der Waals surface area (Å²) in [7, 11) is 0. The molecule has 0 spiro atoms. The lowest BCUT2D eigenvalue weighted by Gasteiger charge is -2.16. The average molecular weight is 348 g/mol. The van der Waals surface area contributed by atoms with Crippen molar-refractivity contribution in [2.24, 2.45) is 0 Å². The third kappa shape index (κ3) is 2.87. The Morgan fingerprint density at radius 1 is 1.04 bits per heavy atom. The highest BCUT2D eigenvalue weighted by Gasteiger charge is 2.25. The number of carbonyl (C=O) groups is 2. The van der Waals surface area contributed by atoms with Crippen molar-refractivity contribution in [3.63, 3.8) is 0 Å². The minimum Gasteiger partial charge on any atom is -0.340 e. The monoisotopic (exact) mass is 348 g/mol. The number of rotatable bonds is 3. The molecule has 5 heteroatoms. The summed E-state index contributed by atoms with van der Waals surface area (Å²) < 4.78 is 2.22. The van der Waals surface area contributed by atoms with E-state index in [2.05, 4.69) is 47.3 Å². The smallest absolute Gasteiger partial charge is 0.290 e. The number of fused-ring (bicyclic) bond motifs is 1. The highest BCUT2D eigenvalue weighted by atomic mass is 32.2. The van der Waals surface area contributed by atoms with Gasteiger partial charge >= 0.3 is 0 Å². The van der Waals surface area contributed by atoms with Gasteiger partial charge in [-0.2, -0.15) is 0 Å². The van der Waals surface area contributed by atoms with Crippen molar-refractivity contribution in [3.05, 3.63) is 76.8 Å². The first-order valence-electron chi connectivity index (χ1n) is 8.03. The zero-order chi connectivity index (χ0) is 17.4. The van der Waals surface area contributed by atoms with Crippen LogP contribution in [0.5, 0.6) is 0 Å².